The lowest BCUT2D eigenvalue weighted by Crippen LogP contribution is -2.38. The number of likely N-dealkylation sites (N-methyl/N-ethyl adjacent to an activating group) is 1. The first-order valence-electron chi connectivity index (χ1n) is 4.74. The van der Waals surface area contributed by atoms with E-state index >= 15 is 0 Å². The third kappa shape index (κ3) is 2.96. The highest BCUT2D eigenvalue weighted by Gasteiger charge is 2.15. The molecule has 0 unspecified atom stereocenters. The van der Waals surface area contributed by atoms with E-state index in [1.54, 1.807) is 0 Å². The highest BCUT2D eigenvalue weighted by atomic mass is 35.5. The van der Waals surface area contributed by atoms with Crippen molar-refractivity contribution in [3.8, 4) is 0 Å². The van der Waals surface area contributed by atoms with Gasteiger partial charge in [0.25, 0.3) is 0 Å². The molecule has 0 aromatic carbocycles. The van der Waals surface area contributed by atoms with Crippen LogP contribution in [0.25, 0.3) is 0 Å². The van der Waals surface area contributed by atoms with Crippen LogP contribution in [0.5, 0.6) is 0 Å². The minimum Gasteiger partial charge on any atom is -0.314 e. The summed E-state index contributed by atoms with van der Waals surface area (Å²) in [6.45, 7) is 6.30. The summed E-state index contributed by atoms with van der Waals surface area (Å²) in [5.41, 5.74) is 2.35. The Kier molecular flexibility index (Phi) is 3.51. The van der Waals surface area contributed by atoms with Crippen LogP contribution >= 0.6 is 11.6 Å². The lowest BCUT2D eigenvalue weighted by atomic mass is 9.96. The van der Waals surface area contributed by atoms with Crippen LogP contribution < -0.4 is 5.32 Å². The molecule has 0 aliphatic carbocycles. The van der Waals surface area contributed by atoms with Gasteiger partial charge in [0.2, 0.25) is 0 Å². The molecule has 0 radical (unpaired) electrons. The highest BCUT2D eigenvalue weighted by molar-refractivity contribution is 6.30. The lowest BCUT2D eigenvalue weighted by molar-refractivity contribution is 0.421. The molecule has 0 amide bonds. The highest BCUT2D eigenvalue weighted by Crippen LogP contribution is 2.16. The zero-order chi connectivity index (χ0) is 10.8. The molecule has 1 rings (SSSR count). The van der Waals surface area contributed by atoms with Crippen molar-refractivity contribution in [2.75, 3.05) is 7.05 Å². The third-order valence-corrected chi connectivity index (χ3v) is 2.79. The zero-order valence-electron chi connectivity index (χ0n) is 9.19. The van der Waals surface area contributed by atoms with Crippen LogP contribution in [0.15, 0.2) is 12.3 Å². The van der Waals surface area contributed by atoms with Gasteiger partial charge in [0, 0.05) is 11.7 Å². The number of nitrogens with zero attached hydrogens (tertiary/aromatic N) is 1. The Morgan fingerprint density at radius 1 is 1.50 bits per heavy atom. The quantitative estimate of drug-likeness (QED) is 0.780. The van der Waals surface area contributed by atoms with Gasteiger partial charge in [-0.25, -0.2) is 4.98 Å². The molecular weight excluding hydrogens is 196 g/mol. The summed E-state index contributed by atoms with van der Waals surface area (Å²) in [5.74, 6) is 0. The summed E-state index contributed by atoms with van der Waals surface area (Å²) in [6.07, 6.45) is 2.79. The summed E-state index contributed by atoms with van der Waals surface area (Å²) < 4.78 is 0. The maximum Gasteiger partial charge on any atom is 0.131 e. The lowest BCUT2D eigenvalue weighted by Gasteiger charge is -2.24. The first-order chi connectivity index (χ1) is 6.44. The van der Waals surface area contributed by atoms with Crippen LogP contribution in [0.4, 0.5) is 0 Å². The minimum atomic E-state index is 0.0992. The first-order valence-corrected chi connectivity index (χ1v) is 5.12. The number of nitrogens with one attached hydrogen (secondary N) is 1. The predicted octanol–water partition coefficient (Wildman–Crippen LogP) is 2.58. The van der Waals surface area contributed by atoms with E-state index in [1.165, 1.54) is 5.56 Å². The van der Waals surface area contributed by atoms with E-state index < -0.39 is 0 Å². The molecule has 0 aliphatic rings. The van der Waals surface area contributed by atoms with Crippen molar-refractivity contribution in [1.82, 2.24) is 10.3 Å². The molecule has 78 valence electrons. The molecule has 0 fully saturated rings. The Morgan fingerprint density at radius 3 is 2.64 bits per heavy atom. The predicted molar refractivity (Wildman–Crippen MR) is 60.8 cm³/mol. The van der Waals surface area contributed by atoms with Gasteiger partial charge in [0.05, 0.1) is 0 Å². The van der Waals surface area contributed by atoms with E-state index in [4.69, 9.17) is 11.6 Å². The molecule has 3 heteroatoms. The molecule has 0 saturated heterocycles. The summed E-state index contributed by atoms with van der Waals surface area (Å²) in [5, 5.41) is 3.86. The van der Waals surface area contributed by atoms with Gasteiger partial charge in [0.15, 0.2) is 0 Å². The number of hydrogen-bond acceptors (Lipinski definition) is 2. The van der Waals surface area contributed by atoms with Gasteiger partial charge in [-0.15, -0.1) is 0 Å². The van der Waals surface area contributed by atoms with E-state index in [9.17, 15) is 0 Å². The number of hydrogen-bond donors (Lipinski definition) is 1. The van der Waals surface area contributed by atoms with E-state index in [0.29, 0.717) is 5.15 Å². The fraction of sp³-hybridized carbons (Fsp3) is 0.545. The van der Waals surface area contributed by atoms with E-state index in [-0.39, 0.29) is 5.54 Å². The van der Waals surface area contributed by atoms with Crippen molar-refractivity contribution in [1.29, 1.82) is 0 Å². The maximum atomic E-state index is 5.86. The van der Waals surface area contributed by atoms with Crippen molar-refractivity contribution < 1.29 is 0 Å². The van der Waals surface area contributed by atoms with Gasteiger partial charge >= 0.3 is 0 Å². The Morgan fingerprint density at radius 2 is 2.14 bits per heavy atom. The summed E-state index contributed by atoms with van der Waals surface area (Å²) in [6, 6.07) is 2.09. The molecule has 1 aromatic heterocycles. The second kappa shape index (κ2) is 4.28. The smallest absolute Gasteiger partial charge is 0.131 e. The topological polar surface area (TPSA) is 24.9 Å². The molecule has 14 heavy (non-hydrogen) atoms. The molecule has 1 heterocycles. The van der Waals surface area contributed by atoms with Crippen LogP contribution in [-0.2, 0) is 6.42 Å². The number of aryl methyl sites for hydroxylation is 1. The minimum absolute atomic E-state index is 0.0992. The molecule has 1 N–H and O–H groups in total. The number of halogens is 1. The molecule has 0 atom stereocenters. The fourth-order valence-electron chi connectivity index (χ4n) is 1.31. The SMILES string of the molecule is CNC(C)(C)Cc1cnc(Cl)c(C)c1. The third-order valence-electron chi connectivity index (χ3n) is 2.39. The molecule has 2 nitrogen and oxygen atoms in total. The second-order valence-electron chi connectivity index (χ2n) is 4.26. The van der Waals surface area contributed by atoms with Crippen LogP contribution in [0, 0.1) is 6.92 Å². The molecule has 0 spiro atoms. The molecular formula is C11H17ClN2. The van der Waals surface area contributed by atoms with Gasteiger partial charge in [-0.3, -0.25) is 0 Å². The van der Waals surface area contributed by atoms with Gasteiger partial charge in [-0.05, 0) is 45.4 Å². The van der Waals surface area contributed by atoms with Gasteiger partial charge in [-0.1, -0.05) is 17.7 Å². The summed E-state index contributed by atoms with van der Waals surface area (Å²) in [4.78, 5) is 4.13. The normalized spacial score (nSPS) is 11.8. The molecule has 0 saturated carbocycles. The Hall–Kier alpha value is -0.600. The van der Waals surface area contributed by atoms with Crippen molar-refractivity contribution in [2.24, 2.45) is 0 Å². The zero-order valence-corrected chi connectivity index (χ0v) is 9.94. The Labute approximate surface area is 90.7 Å². The summed E-state index contributed by atoms with van der Waals surface area (Å²) in [7, 11) is 1.97. The van der Waals surface area contributed by atoms with Crippen LogP contribution in [0.1, 0.15) is 25.0 Å². The number of pyridine rings is 1. The van der Waals surface area contributed by atoms with E-state index in [1.807, 2.05) is 20.2 Å². The molecule has 1 aromatic rings. The van der Waals surface area contributed by atoms with Crippen molar-refractivity contribution in [2.45, 2.75) is 32.7 Å². The molecule has 0 aliphatic heterocycles. The fourth-order valence-corrected chi connectivity index (χ4v) is 1.42. The van der Waals surface area contributed by atoms with Gasteiger partial charge < -0.3 is 5.32 Å². The monoisotopic (exact) mass is 212 g/mol. The van der Waals surface area contributed by atoms with Crippen LogP contribution in [0.2, 0.25) is 5.15 Å². The Balaban J connectivity index is 2.83. The largest absolute Gasteiger partial charge is 0.314 e. The van der Waals surface area contributed by atoms with Crippen molar-refractivity contribution in [3.63, 3.8) is 0 Å². The Bertz CT molecular complexity index is 321. The number of rotatable bonds is 3. The van der Waals surface area contributed by atoms with E-state index in [2.05, 4.69) is 30.2 Å². The summed E-state index contributed by atoms with van der Waals surface area (Å²) >= 11 is 5.86. The average molecular weight is 213 g/mol. The van der Waals surface area contributed by atoms with E-state index in [0.717, 1.165) is 12.0 Å². The first kappa shape index (κ1) is 11.5. The average Bonchev–Trinajstić information content (AvgIpc) is 2.11. The van der Waals surface area contributed by atoms with Gasteiger partial charge in [-0.2, -0.15) is 0 Å². The van der Waals surface area contributed by atoms with Crippen LogP contribution in [0.3, 0.4) is 0 Å². The van der Waals surface area contributed by atoms with Crippen molar-refractivity contribution >= 4 is 11.6 Å². The second-order valence-corrected chi connectivity index (χ2v) is 4.62. The van der Waals surface area contributed by atoms with Crippen LogP contribution in [-0.4, -0.2) is 17.6 Å². The maximum absolute atomic E-state index is 5.86. The van der Waals surface area contributed by atoms with Gasteiger partial charge in [0.1, 0.15) is 5.15 Å². The standard InChI is InChI=1S/C11H17ClN2/c1-8-5-9(7-14-10(8)12)6-11(2,3)13-4/h5,7,13H,6H2,1-4H3. The van der Waals surface area contributed by atoms with Crippen molar-refractivity contribution in [3.05, 3.63) is 28.5 Å². The number of aromatic nitrogens is 1. The molecule has 0 bridgehead atoms.